The van der Waals surface area contributed by atoms with Gasteiger partial charge in [0.25, 0.3) is 5.78 Å². The van der Waals surface area contributed by atoms with E-state index in [1.807, 2.05) is 0 Å². The highest BCUT2D eigenvalue weighted by molar-refractivity contribution is 6.17. The van der Waals surface area contributed by atoms with Crippen LogP contribution >= 0.6 is 11.6 Å². The third kappa shape index (κ3) is 4.19. The zero-order chi connectivity index (χ0) is 14.6. The standard InChI is InChI=1S/C12H12ClF3O3/c13-6-5-9(17)10(18)7-1-3-8(4-2-7)11(19)12(14,15)16/h1-4,9-10,17-18H,5-6H2. The van der Waals surface area contributed by atoms with Gasteiger partial charge in [-0.25, -0.2) is 0 Å². The molecule has 7 heteroatoms. The van der Waals surface area contributed by atoms with Crippen molar-refractivity contribution in [2.45, 2.75) is 24.8 Å². The molecular formula is C12H12ClF3O3. The number of halogens is 4. The lowest BCUT2D eigenvalue weighted by atomic mass is 10.00. The lowest BCUT2D eigenvalue weighted by Crippen LogP contribution is -2.23. The van der Waals surface area contributed by atoms with E-state index in [-0.39, 0.29) is 17.9 Å². The molecule has 0 radical (unpaired) electrons. The normalized spacial score (nSPS) is 15.1. The molecule has 0 bridgehead atoms. The topological polar surface area (TPSA) is 57.5 Å². The Labute approximate surface area is 112 Å². The van der Waals surface area contributed by atoms with Crippen LogP contribution in [-0.4, -0.2) is 34.2 Å². The van der Waals surface area contributed by atoms with Gasteiger partial charge >= 0.3 is 6.18 Å². The van der Waals surface area contributed by atoms with Gasteiger partial charge in [-0.15, -0.1) is 11.6 Å². The van der Waals surface area contributed by atoms with Gasteiger partial charge in [0, 0.05) is 11.4 Å². The van der Waals surface area contributed by atoms with E-state index in [4.69, 9.17) is 11.6 Å². The Morgan fingerprint density at radius 3 is 2.16 bits per heavy atom. The number of benzene rings is 1. The molecule has 1 aromatic rings. The number of alkyl halides is 4. The molecular weight excluding hydrogens is 285 g/mol. The van der Waals surface area contributed by atoms with Crippen LogP contribution in [0.3, 0.4) is 0 Å². The molecule has 0 fully saturated rings. The Bertz CT molecular complexity index is 431. The molecule has 2 atom stereocenters. The number of carbonyl (C=O) groups is 1. The summed E-state index contributed by atoms with van der Waals surface area (Å²) < 4.78 is 36.5. The SMILES string of the molecule is O=C(c1ccc(C(O)C(O)CCCl)cc1)C(F)(F)F. The van der Waals surface area contributed by atoms with Gasteiger partial charge in [-0.1, -0.05) is 24.3 Å². The third-order valence-electron chi connectivity index (χ3n) is 2.54. The highest BCUT2D eigenvalue weighted by atomic mass is 35.5. The average Bonchev–Trinajstić information content (AvgIpc) is 2.36. The minimum atomic E-state index is -4.93. The van der Waals surface area contributed by atoms with E-state index >= 15 is 0 Å². The highest BCUT2D eigenvalue weighted by Crippen LogP contribution is 2.24. The molecule has 1 rings (SSSR count). The summed E-state index contributed by atoms with van der Waals surface area (Å²) in [6, 6.07) is 4.26. The van der Waals surface area contributed by atoms with Crippen molar-refractivity contribution in [2.24, 2.45) is 0 Å². The summed E-state index contributed by atoms with van der Waals surface area (Å²) >= 11 is 5.40. The molecule has 0 amide bonds. The molecule has 3 nitrogen and oxygen atoms in total. The molecule has 106 valence electrons. The number of carbonyl (C=O) groups excluding carboxylic acids is 1. The molecule has 0 saturated heterocycles. The van der Waals surface area contributed by atoms with E-state index in [1.54, 1.807) is 0 Å². The highest BCUT2D eigenvalue weighted by Gasteiger charge is 2.39. The van der Waals surface area contributed by atoms with Crippen molar-refractivity contribution < 1.29 is 28.2 Å². The Kier molecular flexibility index (Phi) is 5.34. The van der Waals surface area contributed by atoms with Gasteiger partial charge in [0.05, 0.1) is 6.10 Å². The predicted octanol–water partition coefficient (Wildman–Crippen LogP) is 2.45. The van der Waals surface area contributed by atoms with Gasteiger partial charge in [0.1, 0.15) is 6.10 Å². The van der Waals surface area contributed by atoms with Crippen LogP contribution in [0.5, 0.6) is 0 Å². The van der Waals surface area contributed by atoms with Crippen LogP contribution in [-0.2, 0) is 0 Å². The van der Waals surface area contributed by atoms with Gasteiger partial charge < -0.3 is 10.2 Å². The Balaban J connectivity index is 2.85. The lowest BCUT2D eigenvalue weighted by molar-refractivity contribution is -0.0885. The van der Waals surface area contributed by atoms with E-state index in [2.05, 4.69) is 0 Å². The number of aliphatic hydroxyl groups is 2. The van der Waals surface area contributed by atoms with Crippen molar-refractivity contribution in [1.29, 1.82) is 0 Å². The van der Waals surface area contributed by atoms with E-state index < -0.39 is 29.7 Å². The van der Waals surface area contributed by atoms with Gasteiger partial charge in [0.15, 0.2) is 0 Å². The van der Waals surface area contributed by atoms with Gasteiger partial charge in [-0.2, -0.15) is 13.2 Å². The summed E-state index contributed by atoms with van der Waals surface area (Å²) in [4.78, 5) is 10.9. The maximum Gasteiger partial charge on any atom is 0.454 e. The summed E-state index contributed by atoms with van der Waals surface area (Å²) in [5.74, 6) is -1.81. The van der Waals surface area contributed by atoms with Crippen LogP contribution < -0.4 is 0 Å². The zero-order valence-electron chi connectivity index (χ0n) is 9.69. The maximum absolute atomic E-state index is 12.2. The fraction of sp³-hybridized carbons (Fsp3) is 0.417. The molecule has 0 aromatic heterocycles. The number of hydrogen-bond donors (Lipinski definition) is 2. The molecule has 0 aliphatic carbocycles. The second-order valence-electron chi connectivity index (χ2n) is 3.94. The summed E-state index contributed by atoms with van der Waals surface area (Å²) in [6.07, 6.45) is -7.15. The number of rotatable bonds is 5. The molecule has 1 aromatic carbocycles. The fourth-order valence-electron chi connectivity index (χ4n) is 1.49. The minimum Gasteiger partial charge on any atom is -0.390 e. The second-order valence-corrected chi connectivity index (χ2v) is 4.32. The summed E-state index contributed by atoms with van der Waals surface area (Å²) in [6.45, 7) is 0. The van der Waals surface area contributed by atoms with Crippen LogP contribution in [0.1, 0.15) is 28.4 Å². The van der Waals surface area contributed by atoms with E-state index in [9.17, 15) is 28.2 Å². The van der Waals surface area contributed by atoms with Crippen molar-refractivity contribution in [3.63, 3.8) is 0 Å². The first-order valence-corrected chi connectivity index (χ1v) is 5.94. The molecule has 2 N–H and O–H groups in total. The van der Waals surface area contributed by atoms with Crippen molar-refractivity contribution in [1.82, 2.24) is 0 Å². The van der Waals surface area contributed by atoms with Crippen LogP contribution in [0, 0.1) is 0 Å². The van der Waals surface area contributed by atoms with Crippen molar-refractivity contribution in [3.05, 3.63) is 35.4 Å². The molecule has 2 unspecified atom stereocenters. The first-order valence-electron chi connectivity index (χ1n) is 5.41. The molecule has 0 aliphatic heterocycles. The summed E-state index contributed by atoms with van der Waals surface area (Å²) in [5.41, 5.74) is -0.299. The van der Waals surface area contributed by atoms with Gasteiger partial charge in [-0.05, 0) is 12.0 Å². The zero-order valence-corrected chi connectivity index (χ0v) is 10.4. The average molecular weight is 297 g/mol. The Morgan fingerprint density at radius 2 is 1.74 bits per heavy atom. The number of hydrogen-bond acceptors (Lipinski definition) is 3. The number of ketones is 1. The van der Waals surface area contributed by atoms with Crippen molar-refractivity contribution in [3.8, 4) is 0 Å². The molecule has 0 heterocycles. The van der Waals surface area contributed by atoms with Crippen molar-refractivity contribution >= 4 is 17.4 Å². The molecule has 19 heavy (non-hydrogen) atoms. The Hall–Kier alpha value is -1.11. The van der Waals surface area contributed by atoms with E-state index in [0.29, 0.717) is 0 Å². The summed E-state index contributed by atoms with van der Waals surface area (Å²) in [5, 5.41) is 19.2. The molecule has 0 spiro atoms. The smallest absolute Gasteiger partial charge is 0.390 e. The second kappa shape index (κ2) is 6.36. The van der Waals surface area contributed by atoms with Gasteiger partial charge in [0.2, 0.25) is 0 Å². The van der Waals surface area contributed by atoms with Crippen LogP contribution in [0.4, 0.5) is 13.2 Å². The fourth-order valence-corrected chi connectivity index (χ4v) is 1.71. The minimum absolute atomic E-state index is 0.142. The monoisotopic (exact) mass is 296 g/mol. The number of aliphatic hydroxyl groups excluding tert-OH is 2. The van der Waals surface area contributed by atoms with Crippen molar-refractivity contribution in [2.75, 3.05) is 5.88 Å². The van der Waals surface area contributed by atoms with E-state index in [1.165, 1.54) is 12.1 Å². The Morgan fingerprint density at radius 1 is 1.21 bits per heavy atom. The first kappa shape index (κ1) is 15.9. The van der Waals surface area contributed by atoms with Crippen LogP contribution in [0.25, 0.3) is 0 Å². The molecule has 0 aliphatic rings. The van der Waals surface area contributed by atoms with E-state index in [0.717, 1.165) is 12.1 Å². The lowest BCUT2D eigenvalue weighted by Gasteiger charge is -2.17. The number of Topliss-reactive ketones (excluding diaryl/α,β-unsaturated/α-hetero) is 1. The third-order valence-corrected chi connectivity index (χ3v) is 2.76. The van der Waals surface area contributed by atoms with Crippen LogP contribution in [0.2, 0.25) is 0 Å². The maximum atomic E-state index is 12.2. The van der Waals surface area contributed by atoms with Crippen LogP contribution in [0.15, 0.2) is 24.3 Å². The summed E-state index contributed by atoms with van der Waals surface area (Å²) in [7, 11) is 0. The predicted molar refractivity (Wildman–Crippen MR) is 63.1 cm³/mol. The first-order chi connectivity index (χ1) is 8.77. The largest absolute Gasteiger partial charge is 0.454 e. The molecule has 0 saturated carbocycles. The quantitative estimate of drug-likeness (QED) is 0.648. The van der Waals surface area contributed by atoms with Gasteiger partial charge in [-0.3, -0.25) is 4.79 Å².